The van der Waals surface area contributed by atoms with Crippen LogP contribution in [0.25, 0.3) is 0 Å². The second kappa shape index (κ2) is 5.41. The Balaban J connectivity index is 1.67. The summed E-state index contributed by atoms with van der Waals surface area (Å²) in [5, 5.41) is 3.67. The second-order valence-corrected chi connectivity index (χ2v) is 5.51. The number of hydrogen-bond donors (Lipinski definition) is 1. The summed E-state index contributed by atoms with van der Waals surface area (Å²) in [6.45, 7) is 6.67. The fourth-order valence-corrected chi connectivity index (χ4v) is 3.51. The molecule has 3 rings (SSSR count). The van der Waals surface area contributed by atoms with Gasteiger partial charge in [-0.2, -0.15) is 0 Å². The first-order valence-electron chi connectivity index (χ1n) is 7.36. The molecule has 2 unspecified atom stereocenters. The van der Waals surface area contributed by atoms with Crippen LogP contribution in [0.1, 0.15) is 38.4 Å². The van der Waals surface area contributed by atoms with Gasteiger partial charge in [0, 0.05) is 31.0 Å². The number of aryl methyl sites for hydroxylation is 1. The lowest BCUT2D eigenvalue weighted by Crippen LogP contribution is -2.43. The Morgan fingerprint density at radius 2 is 2.33 bits per heavy atom. The highest BCUT2D eigenvalue weighted by Gasteiger charge is 2.33. The molecule has 0 bridgehead atoms. The van der Waals surface area contributed by atoms with Crippen molar-refractivity contribution >= 4 is 0 Å². The molecule has 2 aliphatic heterocycles. The second-order valence-electron chi connectivity index (χ2n) is 5.51. The zero-order chi connectivity index (χ0) is 12.4. The molecule has 0 aliphatic carbocycles. The predicted molar refractivity (Wildman–Crippen MR) is 72.4 cm³/mol. The summed E-state index contributed by atoms with van der Waals surface area (Å²) < 4.78 is 2.26. The molecule has 4 heteroatoms. The molecule has 2 aliphatic rings. The molecular formula is C14H24N4. The largest absolute Gasteiger partial charge is 0.334 e. The van der Waals surface area contributed by atoms with Gasteiger partial charge in [0.05, 0.1) is 6.54 Å². The number of hydrogen-bond acceptors (Lipinski definition) is 3. The number of likely N-dealkylation sites (tertiary alicyclic amines) is 1. The highest BCUT2D eigenvalue weighted by atomic mass is 15.2. The lowest BCUT2D eigenvalue weighted by atomic mass is 10.0. The maximum atomic E-state index is 4.51. The van der Waals surface area contributed by atoms with E-state index in [9.17, 15) is 0 Å². The normalized spacial score (nSPS) is 29.2. The van der Waals surface area contributed by atoms with Gasteiger partial charge in [0.25, 0.3) is 0 Å². The Bertz CT molecular complexity index is 381. The van der Waals surface area contributed by atoms with E-state index in [0.717, 1.165) is 25.2 Å². The van der Waals surface area contributed by atoms with Gasteiger partial charge < -0.3 is 9.88 Å². The van der Waals surface area contributed by atoms with E-state index in [4.69, 9.17) is 0 Å². The van der Waals surface area contributed by atoms with Gasteiger partial charge in [-0.1, -0.05) is 0 Å². The van der Waals surface area contributed by atoms with E-state index < -0.39 is 0 Å². The van der Waals surface area contributed by atoms with Crippen LogP contribution in [0.4, 0.5) is 0 Å². The van der Waals surface area contributed by atoms with Gasteiger partial charge in [0.2, 0.25) is 0 Å². The van der Waals surface area contributed by atoms with Crippen molar-refractivity contribution in [2.24, 2.45) is 0 Å². The summed E-state index contributed by atoms with van der Waals surface area (Å²) in [5.41, 5.74) is 0. The maximum Gasteiger partial charge on any atom is 0.122 e. The summed E-state index contributed by atoms with van der Waals surface area (Å²) >= 11 is 0. The molecule has 100 valence electrons. The van der Waals surface area contributed by atoms with E-state index in [-0.39, 0.29) is 0 Å². The first-order valence-corrected chi connectivity index (χ1v) is 7.36. The molecule has 0 spiro atoms. The summed E-state index contributed by atoms with van der Waals surface area (Å²) in [6.07, 6.45) is 9.41. The molecule has 18 heavy (non-hydrogen) atoms. The topological polar surface area (TPSA) is 33.1 Å². The summed E-state index contributed by atoms with van der Waals surface area (Å²) in [6, 6.07) is 1.45. The number of nitrogens with one attached hydrogen (secondary N) is 1. The lowest BCUT2D eigenvalue weighted by Gasteiger charge is -2.29. The van der Waals surface area contributed by atoms with Crippen molar-refractivity contribution < 1.29 is 0 Å². The Hall–Kier alpha value is -0.870. The van der Waals surface area contributed by atoms with Crippen molar-refractivity contribution in [3.05, 3.63) is 18.2 Å². The van der Waals surface area contributed by atoms with Crippen LogP contribution in [0.5, 0.6) is 0 Å². The molecule has 2 fully saturated rings. The fraction of sp³-hybridized carbons (Fsp3) is 0.786. The number of nitrogens with zero attached hydrogens (tertiary/aromatic N) is 3. The van der Waals surface area contributed by atoms with E-state index >= 15 is 0 Å². The fourth-order valence-electron chi connectivity index (χ4n) is 3.51. The van der Waals surface area contributed by atoms with Crippen molar-refractivity contribution in [2.45, 2.75) is 57.8 Å². The van der Waals surface area contributed by atoms with Crippen LogP contribution in [0, 0.1) is 0 Å². The Morgan fingerprint density at radius 1 is 1.39 bits per heavy atom. The molecule has 0 amide bonds. The van der Waals surface area contributed by atoms with Crippen molar-refractivity contribution in [1.29, 1.82) is 0 Å². The van der Waals surface area contributed by atoms with Crippen LogP contribution >= 0.6 is 0 Å². The lowest BCUT2D eigenvalue weighted by molar-refractivity contribution is 0.200. The standard InChI is InChI=1S/C14H24N4/c1-2-17-10-8-16-14(17)11-18-9-4-6-13(18)12-5-3-7-15-12/h8,10,12-13,15H,2-7,9,11H2,1H3. The average Bonchev–Trinajstić information content (AvgIpc) is 3.09. The highest BCUT2D eigenvalue weighted by Crippen LogP contribution is 2.26. The SMILES string of the molecule is CCn1ccnc1CN1CCCC1C1CCCN1. The molecule has 3 heterocycles. The summed E-state index contributed by atoms with van der Waals surface area (Å²) in [7, 11) is 0. The molecule has 0 radical (unpaired) electrons. The highest BCUT2D eigenvalue weighted by molar-refractivity contribution is 4.97. The van der Waals surface area contributed by atoms with Crippen molar-refractivity contribution in [3.8, 4) is 0 Å². The first-order chi connectivity index (χ1) is 8.88. The third-order valence-electron chi connectivity index (χ3n) is 4.46. The minimum atomic E-state index is 0.720. The molecule has 2 saturated heterocycles. The van der Waals surface area contributed by atoms with E-state index in [2.05, 4.69) is 32.9 Å². The van der Waals surface area contributed by atoms with Gasteiger partial charge in [0.15, 0.2) is 0 Å². The van der Waals surface area contributed by atoms with Crippen LogP contribution in [-0.4, -0.2) is 39.6 Å². The quantitative estimate of drug-likeness (QED) is 0.879. The maximum absolute atomic E-state index is 4.51. The predicted octanol–water partition coefficient (Wildman–Crippen LogP) is 1.62. The van der Waals surface area contributed by atoms with E-state index in [1.807, 2.05) is 6.20 Å². The molecule has 0 saturated carbocycles. The summed E-state index contributed by atoms with van der Waals surface area (Å²) in [4.78, 5) is 7.15. The van der Waals surface area contributed by atoms with Gasteiger partial charge >= 0.3 is 0 Å². The van der Waals surface area contributed by atoms with Crippen LogP contribution in [0.3, 0.4) is 0 Å². The van der Waals surface area contributed by atoms with Crippen LogP contribution < -0.4 is 5.32 Å². The molecule has 1 aromatic heterocycles. The minimum absolute atomic E-state index is 0.720. The van der Waals surface area contributed by atoms with Crippen LogP contribution in [0.15, 0.2) is 12.4 Å². The third-order valence-corrected chi connectivity index (χ3v) is 4.46. The van der Waals surface area contributed by atoms with E-state index in [1.165, 1.54) is 44.6 Å². The van der Waals surface area contributed by atoms with E-state index in [1.54, 1.807) is 0 Å². The molecule has 4 nitrogen and oxygen atoms in total. The Morgan fingerprint density at radius 3 is 3.11 bits per heavy atom. The third kappa shape index (κ3) is 2.31. The van der Waals surface area contributed by atoms with E-state index in [0.29, 0.717) is 0 Å². The number of imidazole rings is 1. The first kappa shape index (κ1) is 12.2. The number of aromatic nitrogens is 2. The van der Waals surface area contributed by atoms with Gasteiger partial charge in [-0.05, 0) is 45.7 Å². The van der Waals surface area contributed by atoms with Gasteiger partial charge in [-0.15, -0.1) is 0 Å². The molecule has 1 aromatic rings. The molecular weight excluding hydrogens is 224 g/mol. The Kier molecular flexibility index (Phi) is 3.66. The van der Waals surface area contributed by atoms with Gasteiger partial charge in [-0.25, -0.2) is 4.98 Å². The zero-order valence-corrected chi connectivity index (χ0v) is 11.3. The monoisotopic (exact) mass is 248 g/mol. The zero-order valence-electron chi connectivity index (χ0n) is 11.3. The number of rotatable bonds is 4. The van der Waals surface area contributed by atoms with Gasteiger partial charge in [0.1, 0.15) is 5.82 Å². The van der Waals surface area contributed by atoms with Crippen LogP contribution in [-0.2, 0) is 13.1 Å². The molecule has 1 N–H and O–H groups in total. The smallest absolute Gasteiger partial charge is 0.122 e. The van der Waals surface area contributed by atoms with Gasteiger partial charge in [-0.3, -0.25) is 4.90 Å². The Labute approximate surface area is 109 Å². The molecule has 2 atom stereocenters. The van der Waals surface area contributed by atoms with Crippen molar-refractivity contribution in [3.63, 3.8) is 0 Å². The minimum Gasteiger partial charge on any atom is -0.334 e. The van der Waals surface area contributed by atoms with Crippen LogP contribution in [0.2, 0.25) is 0 Å². The molecule has 0 aromatic carbocycles. The van der Waals surface area contributed by atoms with Crippen molar-refractivity contribution in [1.82, 2.24) is 19.8 Å². The van der Waals surface area contributed by atoms with Crippen molar-refractivity contribution in [2.75, 3.05) is 13.1 Å². The average molecular weight is 248 g/mol. The summed E-state index contributed by atoms with van der Waals surface area (Å²) in [5.74, 6) is 1.22.